The second-order valence-electron chi connectivity index (χ2n) is 3.51. The van der Waals surface area contributed by atoms with E-state index in [1.54, 1.807) is 18.8 Å². The van der Waals surface area contributed by atoms with Crippen molar-refractivity contribution in [3.63, 3.8) is 0 Å². The van der Waals surface area contributed by atoms with E-state index in [0.29, 0.717) is 5.02 Å². The van der Waals surface area contributed by atoms with Gasteiger partial charge in [-0.1, -0.05) is 18.5 Å². The van der Waals surface area contributed by atoms with E-state index in [-0.39, 0.29) is 11.9 Å². The number of anilines is 1. The monoisotopic (exact) mass is 256 g/mol. The molecule has 1 aliphatic heterocycles. The van der Waals surface area contributed by atoms with E-state index in [0.717, 1.165) is 21.9 Å². The van der Waals surface area contributed by atoms with Gasteiger partial charge in [-0.05, 0) is 24.9 Å². The molecule has 0 saturated carbocycles. The number of amides is 1. The number of halogens is 1. The van der Waals surface area contributed by atoms with E-state index >= 15 is 0 Å². The minimum absolute atomic E-state index is 0.0211. The lowest BCUT2D eigenvalue weighted by molar-refractivity contribution is -0.117. The maximum absolute atomic E-state index is 11.6. The number of benzene rings is 1. The van der Waals surface area contributed by atoms with Crippen molar-refractivity contribution in [1.82, 2.24) is 5.32 Å². The standard InChI is InChI=1S/C11H13ClN2OS/c1-3-16-9-5-8-6(4-7(9)12)10(13-2)11(15)14-8/h4-5,10,13H,3H2,1-2H3,(H,14,15). The largest absolute Gasteiger partial charge is 0.324 e. The van der Waals surface area contributed by atoms with Gasteiger partial charge in [-0.2, -0.15) is 0 Å². The number of carbonyl (C=O) groups is 1. The number of hydrogen-bond acceptors (Lipinski definition) is 3. The van der Waals surface area contributed by atoms with Gasteiger partial charge in [-0.25, -0.2) is 0 Å². The number of nitrogens with one attached hydrogen (secondary N) is 2. The van der Waals surface area contributed by atoms with E-state index < -0.39 is 0 Å². The van der Waals surface area contributed by atoms with E-state index in [1.165, 1.54) is 0 Å². The first-order valence-electron chi connectivity index (χ1n) is 5.11. The summed E-state index contributed by atoms with van der Waals surface area (Å²) in [6.45, 7) is 2.07. The maximum Gasteiger partial charge on any atom is 0.246 e. The van der Waals surface area contributed by atoms with Crippen LogP contribution < -0.4 is 10.6 Å². The van der Waals surface area contributed by atoms with Crippen LogP contribution in [-0.4, -0.2) is 18.7 Å². The molecule has 0 spiro atoms. The Morgan fingerprint density at radius 3 is 2.94 bits per heavy atom. The average molecular weight is 257 g/mol. The zero-order valence-electron chi connectivity index (χ0n) is 9.13. The third-order valence-corrected chi connectivity index (χ3v) is 3.89. The first-order chi connectivity index (χ1) is 7.67. The SMILES string of the molecule is CCSc1cc2c(cc1Cl)C(NC)C(=O)N2. The Morgan fingerprint density at radius 1 is 1.56 bits per heavy atom. The van der Waals surface area contributed by atoms with Gasteiger partial charge in [0.25, 0.3) is 0 Å². The van der Waals surface area contributed by atoms with Crippen molar-refractivity contribution in [2.75, 3.05) is 18.1 Å². The normalized spacial score (nSPS) is 18.4. The Hall–Kier alpha value is -0.710. The van der Waals surface area contributed by atoms with Gasteiger partial charge in [0.15, 0.2) is 0 Å². The molecule has 0 radical (unpaired) electrons. The summed E-state index contributed by atoms with van der Waals surface area (Å²) in [4.78, 5) is 12.6. The lowest BCUT2D eigenvalue weighted by Crippen LogP contribution is -2.23. The molecule has 1 atom stereocenters. The number of fused-ring (bicyclic) bond motifs is 1. The van der Waals surface area contributed by atoms with Crippen molar-refractivity contribution in [1.29, 1.82) is 0 Å². The third-order valence-electron chi connectivity index (χ3n) is 2.52. The van der Waals surface area contributed by atoms with Crippen LogP contribution in [0.3, 0.4) is 0 Å². The summed E-state index contributed by atoms with van der Waals surface area (Å²) in [7, 11) is 1.77. The Labute approximate surface area is 104 Å². The molecule has 1 amide bonds. The molecule has 1 aliphatic rings. The highest BCUT2D eigenvalue weighted by Crippen LogP contribution is 2.38. The fourth-order valence-corrected chi connectivity index (χ4v) is 2.86. The maximum atomic E-state index is 11.6. The smallest absolute Gasteiger partial charge is 0.246 e. The minimum Gasteiger partial charge on any atom is -0.324 e. The van der Waals surface area contributed by atoms with E-state index in [9.17, 15) is 4.79 Å². The average Bonchev–Trinajstić information content (AvgIpc) is 2.54. The summed E-state index contributed by atoms with van der Waals surface area (Å²) in [5.41, 5.74) is 1.79. The van der Waals surface area contributed by atoms with Gasteiger partial charge in [0.2, 0.25) is 5.91 Å². The molecule has 2 rings (SSSR count). The van der Waals surface area contributed by atoms with Crippen LogP contribution in [0.1, 0.15) is 18.5 Å². The van der Waals surface area contributed by atoms with Gasteiger partial charge < -0.3 is 10.6 Å². The van der Waals surface area contributed by atoms with Crippen LogP contribution in [0, 0.1) is 0 Å². The Bertz CT molecular complexity index is 436. The van der Waals surface area contributed by atoms with Crippen molar-refractivity contribution in [3.8, 4) is 0 Å². The topological polar surface area (TPSA) is 41.1 Å². The fraction of sp³-hybridized carbons (Fsp3) is 0.364. The van der Waals surface area contributed by atoms with Gasteiger partial charge >= 0.3 is 0 Å². The van der Waals surface area contributed by atoms with Gasteiger partial charge in [0, 0.05) is 16.1 Å². The van der Waals surface area contributed by atoms with Crippen LogP contribution in [0.15, 0.2) is 17.0 Å². The molecule has 0 fully saturated rings. The van der Waals surface area contributed by atoms with Crippen molar-refractivity contribution in [3.05, 3.63) is 22.7 Å². The quantitative estimate of drug-likeness (QED) is 0.817. The summed E-state index contributed by atoms with van der Waals surface area (Å²) < 4.78 is 0. The molecule has 86 valence electrons. The van der Waals surface area contributed by atoms with Crippen molar-refractivity contribution < 1.29 is 4.79 Å². The van der Waals surface area contributed by atoms with Gasteiger partial charge in [-0.3, -0.25) is 4.79 Å². The molecule has 5 heteroatoms. The second-order valence-corrected chi connectivity index (χ2v) is 5.23. The predicted octanol–water partition coefficient (Wildman–Crippen LogP) is 2.66. The van der Waals surface area contributed by atoms with Crippen molar-refractivity contribution >= 4 is 35.0 Å². The van der Waals surface area contributed by atoms with E-state index in [4.69, 9.17) is 11.6 Å². The molecule has 0 saturated heterocycles. The van der Waals surface area contributed by atoms with Gasteiger partial charge in [-0.15, -0.1) is 11.8 Å². The van der Waals surface area contributed by atoms with Crippen LogP contribution in [0.25, 0.3) is 0 Å². The lowest BCUT2D eigenvalue weighted by Gasteiger charge is -2.09. The molecular formula is C11H13ClN2OS. The molecular weight excluding hydrogens is 244 g/mol. The van der Waals surface area contributed by atoms with E-state index in [2.05, 4.69) is 17.6 Å². The highest BCUT2D eigenvalue weighted by atomic mass is 35.5. The number of rotatable bonds is 3. The van der Waals surface area contributed by atoms with Crippen molar-refractivity contribution in [2.45, 2.75) is 17.9 Å². The zero-order valence-corrected chi connectivity index (χ0v) is 10.7. The van der Waals surface area contributed by atoms with Crippen LogP contribution in [0.5, 0.6) is 0 Å². The Kier molecular flexibility index (Phi) is 3.42. The summed E-state index contributed by atoms with van der Waals surface area (Å²) in [5.74, 6) is 0.939. The molecule has 1 heterocycles. The first kappa shape index (κ1) is 11.8. The molecule has 1 unspecified atom stereocenters. The summed E-state index contributed by atoms with van der Waals surface area (Å²) in [5, 5.41) is 6.53. The van der Waals surface area contributed by atoms with Crippen LogP contribution in [0.2, 0.25) is 5.02 Å². The second kappa shape index (κ2) is 4.65. The minimum atomic E-state index is -0.284. The van der Waals surface area contributed by atoms with Gasteiger partial charge in [0.05, 0.1) is 5.02 Å². The van der Waals surface area contributed by atoms with Crippen LogP contribution >= 0.6 is 23.4 Å². The summed E-state index contributed by atoms with van der Waals surface area (Å²) in [6, 6.07) is 3.53. The predicted molar refractivity (Wildman–Crippen MR) is 68.3 cm³/mol. The summed E-state index contributed by atoms with van der Waals surface area (Å²) >= 11 is 7.84. The van der Waals surface area contributed by atoms with Crippen molar-refractivity contribution in [2.24, 2.45) is 0 Å². The zero-order chi connectivity index (χ0) is 11.7. The van der Waals surface area contributed by atoms with E-state index in [1.807, 2.05) is 12.1 Å². The molecule has 1 aromatic rings. The highest BCUT2D eigenvalue weighted by Gasteiger charge is 2.30. The first-order valence-corrected chi connectivity index (χ1v) is 6.48. The Morgan fingerprint density at radius 2 is 2.31 bits per heavy atom. The number of likely N-dealkylation sites (N-methyl/N-ethyl adjacent to an activating group) is 1. The molecule has 0 bridgehead atoms. The molecule has 16 heavy (non-hydrogen) atoms. The third kappa shape index (κ3) is 1.93. The number of thioether (sulfide) groups is 1. The number of hydrogen-bond donors (Lipinski definition) is 2. The fourth-order valence-electron chi connectivity index (χ4n) is 1.81. The molecule has 3 nitrogen and oxygen atoms in total. The molecule has 1 aromatic carbocycles. The molecule has 2 N–H and O–H groups in total. The highest BCUT2D eigenvalue weighted by molar-refractivity contribution is 7.99. The molecule has 0 aromatic heterocycles. The van der Waals surface area contributed by atoms with Gasteiger partial charge in [0.1, 0.15) is 6.04 Å². The van der Waals surface area contributed by atoms with Crippen LogP contribution in [-0.2, 0) is 4.79 Å². The Balaban J connectivity index is 2.43. The summed E-state index contributed by atoms with van der Waals surface area (Å²) in [6.07, 6.45) is 0. The molecule has 0 aliphatic carbocycles. The number of carbonyl (C=O) groups excluding carboxylic acids is 1. The van der Waals surface area contributed by atoms with Crippen LogP contribution in [0.4, 0.5) is 5.69 Å². The lowest BCUT2D eigenvalue weighted by atomic mass is 10.1.